The molecule has 0 aliphatic rings. The number of nitrogens with one attached hydrogen (secondary N) is 1. The van der Waals surface area contributed by atoms with Crippen molar-refractivity contribution in [2.24, 2.45) is 0 Å². The maximum absolute atomic E-state index is 14.6. The normalized spacial score (nSPS) is 11.2. The Labute approximate surface area is 204 Å². The van der Waals surface area contributed by atoms with Gasteiger partial charge >= 0.3 is 11.6 Å². The van der Waals surface area contributed by atoms with E-state index in [-0.39, 0.29) is 36.2 Å². The Morgan fingerprint density at radius 1 is 1.17 bits per heavy atom. The number of ether oxygens (including phenoxy) is 1. The van der Waals surface area contributed by atoms with Gasteiger partial charge in [0, 0.05) is 17.3 Å². The average molecular weight is 489 g/mol. The highest BCUT2D eigenvalue weighted by molar-refractivity contribution is 5.88. The number of halogens is 1. The van der Waals surface area contributed by atoms with Crippen molar-refractivity contribution >= 4 is 11.6 Å². The van der Waals surface area contributed by atoms with Crippen molar-refractivity contribution in [2.75, 3.05) is 12.8 Å². The molecule has 0 unspecified atom stereocenters. The number of nitrogens with two attached hydrogens (primary N) is 1. The second kappa shape index (κ2) is 9.19. The van der Waals surface area contributed by atoms with E-state index in [0.29, 0.717) is 28.2 Å². The molecular formula is C25H23FN7O3+. The van der Waals surface area contributed by atoms with Crippen molar-refractivity contribution in [3.8, 4) is 28.1 Å². The van der Waals surface area contributed by atoms with E-state index in [9.17, 15) is 14.3 Å². The van der Waals surface area contributed by atoms with Crippen LogP contribution in [0.3, 0.4) is 0 Å². The maximum Gasteiger partial charge on any atom is 0.411 e. The van der Waals surface area contributed by atoms with Crippen molar-refractivity contribution in [3.63, 3.8) is 0 Å². The molecule has 0 radical (unpaired) electrons. The minimum absolute atomic E-state index is 0.0241. The molecule has 0 bridgehead atoms. The van der Waals surface area contributed by atoms with Crippen molar-refractivity contribution in [3.05, 3.63) is 88.1 Å². The SMILES string of the molecule is COc1cnc(Cn2nc3c(-c4cc(C)nc(CO)c4)c(-c4ccccc4)[nH+]c(N)n3c2=O)c(F)c1. The van der Waals surface area contributed by atoms with E-state index in [0.717, 1.165) is 10.2 Å². The van der Waals surface area contributed by atoms with E-state index >= 15 is 0 Å². The van der Waals surface area contributed by atoms with Gasteiger partial charge in [-0.2, -0.15) is 4.68 Å². The molecule has 10 nitrogen and oxygen atoms in total. The molecule has 0 fully saturated rings. The zero-order valence-corrected chi connectivity index (χ0v) is 19.6. The summed E-state index contributed by atoms with van der Waals surface area (Å²) in [5, 5.41) is 14.3. The van der Waals surface area contributed by atoms with Crippen LogP contribution in [0.4, 0.5) is 10.3 Å². The summed E-state index contributed by atoms with van der Waals surface area (Å²) in [7, 11) is 1.41. The zero-order chi connectivity index (χ0) is 25.4. The lowest BCUT2D eigenvalue weighted by Gasteiger charge is -2.10. The highest BCUT2D eigenvalue weighted by Crippen LogP contribution is 2.33. The Bertz CT molecular complexity index is 1650. The molecule has 4 aromatic heterocycles. The molecule has 0 spiro atoms. The Morgan fingerprint density at radius 3 is 2.64 bits per heavy atom. The van der Waals surface area contributed by atoms with Gasteiger partial charge in [0.25, 0.3) is 0 Å². The second-order valence-electron chi connectivity index (χ2n) is 8.18. The molecule has 5 rings (SSSR count). The van der Waals surface area contributed by atoms with Crippen molar-refractivity contribution in [1.82, 2.24) is 24.1 Å². The van der Waals surface area contributed by atoms with E-state index in [4.69, 9.17) is 10.5 Å². The molecule has 0 saturated heterocycles. The van der Waals surface area contributed by atoms with Gasteiger partial charge < -0.3 is 9.84 Å². The number of methoxy groups -OCH3 is 1. The second-order valence-corrected chi connectivity index (χ2v) is 8.18. The number of nitrogens with zero attached hydrogens (tertiary/aromatic N) is 5. The van der Waals surface area contributed by atoms with Crippen LogP contribution >= 0.6 is 0 Å². The van der Waals surface area contributed by atoms with Crippen molar-refractivity contribution in [2.45, 2.75) is 20.1 Å². The number of aliphatic hydroxyl groups is 1. The maximum atomic E-state index is 14.6. The highest BCUT2D eigenvalue weighted by Gasteiger charge is 2.26. The van der Waals surface area contributed by atoms with Gasteiger partial charge in [0.2, 0.25) is 5.65 Å². The molecule has 36 heavy (non-hydrogen) atoms. The molecule has 0 atom stereocenters. The summed E-state index contributed by atoms with van der Waals surface area (Å²) in [5.74, 6) is -0.305. The molecule has 5 aromatic rings. The monoisotopic (exact) mass is 488 g/mol. The third-order valence-corrected chi connectivity index (χ3v) is 5.75. The zero-order valence-electron chi connectivity index (χ0n) is 19.6. The largest absolute Gasteiger partial charge is 0.495 e. The number of fused-ring (bicyclic) bond motifs is 1. The van der Waals surface area contributed by atoms with Crippen LogP contribution < -0.4 is 21.1 Å². The lowest BCUT2D eigenvalue weighted by molar-refractivity contribution is -0.351. The summed E-state index contributed by atoms with van der Waals surface area (Å²) in [5.41, 5.74) is 9.85. The number of aromatic amines is 1. The number of aromatic nitrogens is 6. The smallest absolute Gasteiger partial charge is 0.411 e. The minimum atomic E-state index is -0.625. The molecule has 11 heteroatoms. The fourth-order valence-electron chi connectivity index (χ4n) is 4.12. The summed E-state index contributed by atoms with van der Waals surface area (Å²) in [4.78, 5) is 24.9. The third kappa shape index (κ3) is 4.05. The van der Waals surface area contributed by atoms with Gasteiger partial charge in [0.05, 0.1) is 43.4 Å². The van der Waals surface area contributed by atoms with Gasteiger partial charge in [-0.1, -0.05) is 30.3 Å². The molecule has 4 heterocycles. The standard InChI is InChI=1S/C25H22FN7O3/c1-14-8-16(9-17(13-34)29-14)21-22(15-6-4-3-5-7-15)30-24(27)33-23(21)31-32(25(33)35)12-20-19(26)10-18(36-2)11-28-20/h3-11,34H,12-13H2,1-2H3,(H2,27,30)/p+1. The summed E-state index contributed by atoms with van der Waals surface area (Å²) >= 11 is 0. The van der Waals surface area contributed by atoms with E-state index in [1.54, 1.807) is 6.07 Å². The van der Waals surface area contributed by atoms with Crippen LogP contribution in [0.5, 0.6) is 5.75 Å². The predicted octanol–water partition coefficient (Wildman–Crippen LogP) is 2.01. The van der Waals surface area contributed by atoms with Gasteiger partial charge in [0.15, 0.2) is 0 Å². The Kier molecular flexibility index (Phi) is 5.90. The van der Waals surface area contributed by atoms with Gasteiger partial charge in [-0.15, -0.1) is 9.50 Å². The van der Waals surface area contributed by atoms with Gasteiger partial charge in [-0.3, -0.25) is 15.7 Å². The molecule has 0 aliphatic heterocycles. The molecule has 182 valence electrons. The summed E-state index contributed by atoms with van der Waals surface area (Å²) in [6.07, 6.45) is 1.37. The van der Waals surface area contributed by atoms with Crippen LogP contribution in [0, 0.1) is 12.7 Å². The quantitative estimate of drug-likeness (QED) is 0.373. The summed E-state index contributed by atoms with van der Waals surface area (Å²) in [6.45, 7) is 1.34. The first kappa shape index (κ1) is 23.1. The summed E-state index contributed by atoms with van der Waals surface area (Å²) in [6, 6.07) is 14.2. The number of pyridine rings is 2. The van der Waals surface area contributed by atoms with Crippen LogP contribution in [0.25, 0.3) is 28.0 Å². The van der Waals surface area contributed by atoms with E-state index in [2.05, 4.69) is 20.1 Å². The van der Waals surface area contributed by atoms with Crippen LogP contribution in [-0.4, -0.2) is 36.4 Å². The Morgan fingerprint density at radius 2 is 1.94 bits per heavy atom. The number of hydrogen-bond acceptors (Lipinski definition) is 7. The fraction of sp³-hybridized carbons (Fsp3) is 0.160. The molecule has 0 amide bonds. The first-order chi connectivity index (χ1) is 17.4. The number of benzene rings is 1. The summed E-state index contributed by atoms with van der Waals surface area (Å²) < 4.78 is 21.9. The first-order valence-electron chi connectivity index (χ1n) is 11.1. The number of H-pyrrole nitrogens is 1. The molecular weight excluding hydrogens is 465 g/mol. The lowest BCUT2D eigenvalue weighted by atomic mass is 9.99. The Hall–Kier alpha value is -4.64. The van der Waals surface area contributed by atoms with Crippen LogP contribution in [-0.2, 0) is 13.2 Å². The fourth-order valence-corrected chi connectivity index (χ4v) is 4.12. The van der Waals surface area contributed by atoms with Crippen LogP contribution in [0.15, 0.2) is 59.5 Å². The molecule has 1 aromatic carbocycles. The highest BCUT2D eigenvalue weighted by atomic mass is 19.1. The van der Waals surface area contributed by atoms with Crippen LogP contribution in [0.2, 0.25) is 0 Å². The minimum Gasteiger partial charge on any atom is -0.495 e. The number of nitrogen functional groups attached to an aromatic ring is 1. The van der Waals surface area contributed by atoms with Gasteiger partial charge in [-0.05, 0) is 24.6 Å². The van der Waals surface area contributed by atoms with E-state index < -0.39 is 11.5 Å². The van der Waals surface area contributed by atoms with Gasteiger partial charge in [0.1, 0.15) is 17.3 Å². The molecule has 0 aliphatic carbocycles. The lowest BCUT2D eigenvalue weighted by Crippen LogP contribution is -2.28. The van der Waals surface area contributed by atoms with Crippen molar-refractivity contribution < 1.29 is 19.2 Å². The van der Waals surface area contributed by atoms with Crippen LogP contribution in [0.1, 0.15) is 17.1 Å². The average Bonchev–Trinajstić information content (AvgIpc) is 3.21. The first-order valence-corrected chi connectivity index (χ1v) is 11.1. The van der Waals surface area contributed by atoms with E-state index in [1.807, 2.05) is 43.3 Å². The van der Waals surface area contributed by atoms with Crippen molar-refractivity contribution in [1.29, 1.82) is 0 Å². The topological polar surface area (TPSA) is 135 Å². The number of hydrogen-bond donors (Lipinski definition) is 2. The Balaban J connectivity index is 1.78. The molecule has 4 N–H and O–H groups in total. The number of anilines is 1. The molecule has 0 saturated carbocycles. The third-order valence-electron chi connectivity index (χ3n) is 5.75. The number of aliphatic hydroxyl groups excluding tert-OH is 1. The van der Waals surface area contributed by atoms with E-state index in [1.165, 1.54) is 23.8 Å². The number of rotatable bonds is 6. The number of aryl methyl sites for hydroxylation is 1. The predicted molar refractivity (Wildman–Crippen MR) is 130 cm³/mol. The van der Waals surface area contributed by atoms with Gasteiger partial charge in [-0.25, -0.2) is 14.2 Å².